The Morgan fingerprint density at radius 3 is 1.80 bits per heavy atom. The molecule has 0 rings (SSSR count). The van der Waals surface area contributed by atoms with E-state index in [0.717, 1.165) is 0 Å². The zero-order chi connectivity index (χ0) is 7.11. The highest BCUT2D eigenvalue weighted by atomic mass is 35.5. The Morgan fingerprint density at radius 2 is 1.50 bits per heavy atom. The van der Waals surface area contributed by atoms with E-state index in [1.54, 1.807) is 0 Å². The Hall–Kier alpha value is 0.250. The van der Waals surface area contributed by atoms with Crippen molar-refractivity contribution in [3.63, 3.8) is 0 Å². The topological polar surface area (TPSA) is 3.24 Å². The van der Waals surface area contributed by atoms with Gasteiger partial charge in [0.15, 0.2) is 0 Å². The molecule has 0 spiro atoms. The van der Waals surface area contributed by atoms with Crippen molar-refractivity contribution in [3.05, 3.63) is 0 Å². The fourth-order valence-electron chi connectivity index (χ4n) is 0.922. The van der Waals surface area contributed by atoms with Crippen LogP contribution in [0, 0.1) is 0 Å². The molecule has 0 saturated carbocycles. The second-order valence-corrected chi connectivity index (χ2v) is 2.38. The predicted molar refractivity (Wildman–Crippen MR) is 49.9 cm³/mol. The molecule has 0 unspecified atom stereocenters. The molecular formula is C8H20ClN. The quantitative estimate of drug-likeness (QED) is 0.606. The maximum Gasteiger partial charge on any atom is -0.00191 e. The minimum atomic E-state index is 0. The van der Waals surface area contributed by atoms with Gasteiger partial charge >= 0.3 is 0 Å². The number of rotatable bonds is 5. The first-order valence-corrected chi connectivity index (χ1v) is 4.07. The van der Waals surface area contributed by atoms with E-state index in [2.05, 4.69) is 25.7 Å². The van der Waals surface area contributed by atoms with Crippen LogP contribution >= 0.6 is 12.4 Å². The van der Waals surface area contributed by atoms with E-state index in [9.17, 15) is 0 Å². The summed E-state index contributed by atoms with van der Waals surface area (Å²) < 4.78 is 0. The summed E-state index contributed by atoms with van der Waals surface area (Å²) >= 11 is 0. The van der Waals surface area contributed by atoms with Crippen molar-refractivity contribution in [1.29, 1.82) is 0 Å². The van der Waals surface area contributed by atoms with Gasteiger partial charge in [0.1, 0.15) is 0 Å². The molecular weight excluding hydrogens is 146 g/mol. The van der Waals surface area contributed by atoms with E-state index in [4.69, 9.17) is 0 Å². The van der Waals surface area contributed by atoms with Gasteiger partial charge in [0.25, 0.3) is 0 Å². The second-order valence-electron chi connectivity index (χ2n) is 2.38. The molecule has 2 heteroatoms. The van der Waals surface area contributed by atoms with Gasteiger partial charge in [-0.3, -0.25) is 0 Å². The van der Waals surface area contributed by atoms with Gasteiger partial charge in [0.2, 0.25) is 0 Å². The van der Waals surface area contributed by atoms with Crippen LogP contribution < -0.4 is 0 Å². The lowest BCUT2D eigenvalue weighted by Crippen LogP contribution is -2.23. The summed E-state index contributed by atoms with van der Waals surface area (Å²) in [5.74, 6) is 0. The number of hydrogen-bond acceptors (Lipinski definition) is 1. The van der Waals surface area contributed by atoms with Gasteiger partial charge in [-0.15, -0.1) is 12.4 Å². The molecule has 0 amide bonds. The third-order valence-corrected chi connectivity index (χ3v) is 1.72. The molecule has 0 aromatic heterocycles. The van der Waals surface area contributed by atoms with E-state index in [1.807, 2.05) is 0 Å². The Bertz CT molecular complexity index is 53.2. The highest BCUT2D eigenvalue weighted by molar-refractivity contribution is 5.85. The second kappa shape index (κ2) is 9.25. The standard InChI is InChI=1S/C8H19N.ClH/c1-4-7-8-9(5-2)6-3;/h4-8H2,1-3H3;1H. The molecule has 0 fully saturated rings. The SMILES string of the molecule is CCCCN(CC)CC.Cl. The first-order chi connectivity index (χ1) is 4.35. The maximum atomic E-state index is 2.46. The van der Waals surface area contributed by atoms with Crippen LogP contribution in [0.15, 0.2) is 0 Å². The van der Waals surface area contributed by atoms with Crippen LogP contribution in [0.3, 0.4) is 0 Å². The molecule has 0 heterocycles. The third kappa shape index (κ3) is 6.37. The van der Waals surface area contributed by atoms with E-state index >= 15 is 0 Å². The van der Waals surface area contributed by atoms with Gasteiger partial charge < -0.3 is 4.90 Å². The Labute approximate surface area is 71.2 Å². The summed E-state index contributed by atoms with van der Waals surface area (Å²) in [5, 5.41) is 0. The van der Waals surface area contributed by atoms with Crippen molar-refractivity contribution in [2.24, 2.45) is 0 Å². The maximum absolute atomic E-state index is 2.46. The molecule has 0 N–H and O–H groups in total. The van der Waals surface area contributed by atoms with Gasteiger partial charge in [-0.25, -0.2) is 0 Å². The smallest absolute Gasteiger partial charge is 0.00191 e. The van der Waals surface area contributed by atoms with Crippen LogP contribution in [0.1, 0.15) is 33.6 Å². The van der Waals surface area contributed by atoms with Gasteiger partial charge in [-0.2, -0.15) is 0 Å². The van der Waals surface area contributed by atoms with E-state index in [-0.39, 0.29) is 12.4 Å². The van der Waals surface area contributed by atoms with Gasteiger partial charge in [-0.05, 0) is 26.1 Å². The minimum Gasteiger partial charge on any atom is -0.304 e. The number of halogens is 1. The number of nitrogens with zero attached hydrogens (tertiary/aromatic N) is 1. The van der Waals surface area contributed by atoms with Crippen LogP contribution in [0.2, 0.25) is 0 Å². The fraction of sp³-hybridized carbons (Fsp3) is 1.00. The molecule has 1 nitrogen and oxygen atoms in total. The summed E-state index contributed by atoms with van der Waals surface area (Å²) in [5.41, 5.74) is 0. The van der Waals surface area contributed by atoms with E-state index in [0.29, 0.717) is 0 Å². The summed E-state index contributed by atoms with van der Waals surface area (Å²) in [6.07, 6.45) is 2.66. The van der Waals surface area contributed by atoms with Gasteiger partial charge in [0.05, 0.1) is 0 Å². The molecule has 0 radical (unpaired) electrons. The third-order valence-electron chi connectivity index (χ3n) is 1.72. The predicted octanol–water partition coefficient (Wildman–Crippen LogP) is 2.55. The zero-order valence-electron chi connectivity index (χ0n) is 7.39. The largest absolute Gasteiger partial charge is 0.304 e. The fourth-order valence-corrected chi connectivity index (χ4v) is 0.922. The monoisotopic (exact) mass is 165 g/mol. The Balaban J connectivity index is 0. The molecule has 64 valence electrons. The van der Waals surface area contributed by atoms with Crippen LogP contribution in [-0.4, -0.2) is 24.5 Å². The van der Waals surface area contributed by atoms with E-state index in [1.165, 1.54) is 32.5 Å². The molecule has 0 bridgehead atoms. The van der Waals surface area contributed by atoms with Crippen molar-refractivity contribution >= 4 is 12.4 Å². The van der Waals surface area contributed by atoms with Crippen LogP contribution in [0.4, 0.5) is 0 Å². The first kappa shape index (κ1) is 12.9. The molecule has 0 saturated heterocycles. The molecule has 0 aliphatic rings. The Kier molecular flexibility index (Phi) is 11.9. The highest BCUT2D eigenvalue weighted by Gasteiger charge is 1.94. The molecule has 0 atom stereocenters. The highest BCUT2D eigenvalue weighted by Crippen LogP contribution is 1.92. The van der Waals surface area contributed by atoms with Gasteiger partial charge in [-0.1, -0.05) is 27.2 Å². The number of hydrogen-bond donors (Lipinski definition) is 0. The van der Waals surface area contributed by atoms with Crippen LogP contribution in [-0.2, 0) is 0 Å². The molecule has 0 aromatic carbocycles. The summed E-state index contributed by atoms with van der Waals surface area (Å²) in [7, 11) is 0. The van der Waals surface area contributed by atoms with Crippen molar-refractivity contribution in [2.45, 2.75) is 33.6 Å². The molecule has 0 aliphatic carbocycles. The minimum absolute atomic E-state index is 0. The Morgan fingerprint density at radius 1 is 1.00 bits per heavy atom. The lowest BCUT2D eigenvalue weighted by Gasteiger charge is -2.16. The summed E-state index contributed by atoms with van der Waals surface area (Å²) in [4.78, 5) is 2.46. The van der Waals surface area contributed by atoms with Crippen molar-refractivity contribution in [3.8, 4) is 0 Å². The number of unbranched alkanes of at least 4 members (excludes halogenated alkanes) is 1. The summed E-state index contributed by atoms with van der Waals surface area (Å²) in [6, 6.07) is 0. The molecule has 0 aliphatic heterocycles. The van der Waals surface area contributed by atoms with E-state index < -0.39 is 0 Å². The lowest BCUT2D eigenvalue weighted by atomic mass is 10.3. The average Bonchev–Trinajstić information content (AvgIpc) is 1.91. The van der Waals surface area contributed by atoms with Crippen LogP contribution in [0.5, 0.6) is 0 Å². The van der Waals surface area contributed by atoms with Crippen LogP contribution in [0.25, 0.3) is 0 Å². The van der Waals surface area contributed by atoms with Gasteiger partial charge in [0, 0.05) is 0 Å². The molecule has 0 aromatic rings. The first-order valence-electron chi connectivity index (χ1n) is 4.07. The summed E-state index contributed by atoms with van der Waals surface area (Å²) in [6.45, 7) is 10.4. The zero-order valence-corrected chi connectivity index (χ0v) is 8.21. The van der Waals surface area contributed by atoms with Crippen molar-refractivity contribution < 1.29 is 0 Å². The van der Waals surface area contributed by atoms with Crippen molar-refractivity contribution in [2.75, 3.05) is 19.6 Å². The lowest BCUT2D eigenvalue weighted by molar-refractivity contribution is 0.299. The molecule has 10 heavy (non-hydrogen) atoms. The van der Waals surface area contributed by atoms with Crippen molar-refractivity contribution in [1.82, 2.24) is 4.90 Å². The average molecular weight is 166 g/mol. The normalized spacial score (nSPS) is 9.60.